The Morgan fingerprint density at radius 1 is 0.897 bits per heavy atom. The zero-order valence-corrected chi connectivity index (χ0v) is 16.7. The van der Waals surface area contributed by atoms with Crippen molar-refractivity contribution in [1.82, 2.24) is 9.97 Å². The number of rotatable bonds is 5. The predicted molar refractivity (Wildman–Crippen MR) is 119 cm³/mol. The second-order valence-electron chi connectivity index (χ2n) is 6.07. The number of aromatic nitrogens is 2. The Labute approximate surface area is 176 Å². The summed E-state index contributed by atoms with van der Waals surface area (Å²) in [5.74, 6) is 0. The second kappa shape index (κ2) is 8.72. The number of halogens is 1. The van der Waals surface area contributed by atoms with E-state index in [9.17, 15) is 4.79 Å². The molecule has 2 heterocycles. The van der Waals surface area contributed by atoms with Gasteiger partial charge in [0.25, 0.3) is 0 Å². The molecule has 0 bridgehead atoms. The molecule has 0 aliphatic carbocycles. The van der Waals surface area contributed by atoms with Crippen molar-refractivity contribution in [2.24, 2.45) is 0 Å². The van der Waals surface area contributed by atoms with E-state index < -0.39 is 0 Å². The average molecular weight is 422 g/mol. The number of nitrogens with zero attached hydrogens (tertiary/aromatic N) is 2. The van der Waals surface area contributed by atoms with Crippen molar-refractivity contribution >= 4 is 51.2 Å². The quantitative estimate of drug-likeness (QED) is 0.356. The number of nitrogens with one attached hydrogen (secondary N) is 3. The summed E-state index contributed by atoms with van der Waals surface area (Å²) < 4.78 is 0. The third kappa shape index (κ3) is 5.10. The van der Waals surface area contributed by atoms with Crippen molar-refractivity contribution < 1.29 is 4.79 Å². The van der Waals surface area contributed by atoms with Crippen molar-refractivity contribution in [3.8, 4) is 11.3 Å². The van der Waals surface area contributed by atoms with Gasteiger partial charge < -0.3 is 16.0 Å². The van der Waals surface area contributed by atoms with E-state index in [1.165, 1.54) is 11.3 Å². The van der Waals surface area contributed by atoms with E-state index in [4.69, 9.17) is 11.6 Å². The van der Waals surface area contributed by atoms with Gasteiger partial charge in [-0.05, 0) is 48.5 Å². The Bertz CT molecular complexity index is 1130. The Kier molecular flexibility index (Phi) is 5.69. The SMILES string of the molecule is O=C(Nc1cccc(Cl)c1)Nc1cccc(Nc2nc(-c3ccncc3)cs2)c1. The highest BCUT2D eigenvalue weighted by Crippen LogP contribution is 2.27. The van der Waals surface area contributed by atoms with Crippen LogP contribution in [0.3, 0.4) is 0 Å². The fourth-order valence-corrected chi connectivity index (χ4v) is 3.57. The van der Waals surface area contributed by atoms with Crippen LogP contribution in [0.1, 0.15) is 0 Å². The summed E-state index contributed by atoms with van der Waals surface area (Å²) >= 11 is 7.45. The van der Waals surface area contributed by atoms with Gasteiger partial charge in [-0.1, -0.05) is 23.7 Å². The van der Waals surface area contributed by atoms with Crippen LogP contribution in [0.15, 0.2) is 78.4 Å². The lowest BCUT2D eigenvalue weighted by molar-refractivity contribution is 0.262. The highest BCUT2D eigenvalue weighted by Gasteiger charge is 2.07. The minimum absolute atomic E-state index is 0.348. The molecule has 6 nitrogen and oxygen atoms in total. The molecule has 0 aliphatic rings. The zero-order chi connectivity index (χ0) is 20.1. The van der Waals surface area contributed by atoms with Crippen LogP contribution in [0.2, 0.25) is 5.02 Å². The average Bonchev–Trinajstić information content (AvgIpc) is 3.17. The molecule has 29 heavy (non-hydrogen) atoms. The molecular formula is C21H16ClN5OS. The van der Waals surface area contributed by atoms with E-state index in [0.717, 1.165) is 22.1 Å². The number of hydrogen-bond donors (Lipinski definition) is 3. The summed E-state index contributed by atoms with van der Waals surface area (Å²) in [6.07, 6.45) is 3.48. The fraction of sp³-hybridized carbons (Fsp3) is 0. The van der Waals surface area contributed by atoms with Gasteiger partial charge in [0.2, 0.25) is 0 Å². The molecule has 3 N–H and O–H groups in total. The minimum atomic E-state index is -0.348. The molecule has 8 heteroatoms. The van der Waals surface area contributed by atoms with E-state index in [2.05, 4.69) is 25.9 Å². The Balaban J connectivity index is 1.41. The fourth-order valence-electron chi connectivity index (χ4n) is 2.64. The van der Waals surface area contributed by atoms with Gasteiger partial charge in [0.1, 0.15) is 0 Å². The number of anilines is 4. The summed E-state index contributed by atoms with van der Waals surface area (Å²) in [7, 11) is 0. The number of urea groups is 1. The number of amides is 2. The van der Waals surface area contributed by atoms with Gasteiger partial charge in [0, 0.05) is 45.4 Å². The lowest BCUT2D eigenvalue weighted by Gasteiger charge is -2.09. The first-order chi connectivity index (χ1) is 14.2. The molecule has 0 radical (unpaired) electrons. The van der Waals surface area contributed by atoms with Crippen LogP contribution < -0.4 is 16.0 Å². The van der Waals surface area contributed by atoms with Crippen LogP contribution >= 0.6 is 22.9 Å². The zero-order valence-electron chi connectivity index (χ0n) is 15.1. The maximum atomic E-state index is 12.2. The molecule has 2 amide bonds. The molecule has 0 aliphatic heterocycles. The molecule has 0 saturated carbocycles. The van der Waals surface area contributed by atoms with Crippen molar-refractivity contribution in [3.05, 3.63) is 83.5 Å². The number of pyridine rings is 1. The van der Waals surface area contributed by atoms with E-state index in [-0.39, 0.29) is 6.03 Å². The van der Waals surface area contributed by atoms with Gasteiger partial charge in [-0.2, -0.15) is 0 Å². The van der Waals surface area contributed by atoms with E-state index in [0.29, 0.717) is 16.4 Å². The summed E-state index contributed by atoms with van der Waals surface area (Å²) in [6, 6.07) is 17.9. The van der Waals surface area contributed by atoms with Gasteiger partial charge in [-0.15, -0.1) is 11.3 Å². The van der Waals surface area contributed by atoms with E-state index in [1.54, 1.807) is 36.7 Å². The minimum Gasteiger partial charge on any atom is -0.331 e. The van der Waals surface area contributed by atoms with Crippen LogP contribution in [-0.2, 0) is 0 Å². The number of benzene rings is 2. The first-order valence-corrected chi connectivity index (χ1v) is 9.98. The van der Waals surface area contributed by atoms with Crippen molar-refractivity contribution in [2.45, 2.75) is 0 Å². The molecule has 144 valence electrons. The first kappa shape index (κ1) is 18.9. The summed E-state index contributed by atoms with van der Waals surface area (Å²) in [6.45, 7) is 0. The molecule has 4 aromatic rings. The van der Waals surface area contributed by atoms with Crippen LogP contribution in [0.4, 0.5) is 27.0 Å². The molecule has 0 unspecified atom stereocenters. The molecular weight excluding hydrogens is 406 g/mol. The van der Waals surface area contributed by atoms with Gasteiger partial charge in [-0.3, -0.25) is 4.98 Å². The van der Waals surface area contributed by atoms with Gasteiger partial charge in [-0.25, -0.2) is 9.78 Å². The maximum absolute atomic E-state index is 12.2. The third-order valence-electron chi connectivity index (χ3n) is 3.93. The number of carbonyl (C=O) groups is 1. The Morgan fingerprint density at radius 3 is 2.34 bits per heavy atom. The van der Waals surface area contributed by atoms with Crippen molar-refractivity contribution in [3.63, 3.8) is 0 Å². The smallest absolute Gasteiger partial charge is 0.323 e. The molecule has 2 aromatic carbocycles. The lowest BCUT2D eigenvalue weighted by Crippen LogP contribution is -2.19. The molecule has 0 saturated heterocycles. The van der Waals surface area contributed by atoms with Gasteiger partial charge >= 0.3 is 6.03 Å². The Hall–Kier alpha value is -3.42. The molecule has 0 fully saturated rings. The summed E-state index contributed by atoms with van der Waals surface area (Å²) in [5.41, 5.74) is 3.99. The van der Waals surface area contributed by atoms with Crippen molar-refractivity contribution in [2.75, 3.05) is 16.0 Å². The van der Waals surface area contributed by atoms with Crippen molar-refractivity contribution in [1.29, 1.82) is 0 Å². The molecule has 2 aromatic heterocycles. The standard InChI is InChI=1S/C21H16ClN5OS/c22-15-3-1-4-16(11-15)24-20(28)25-17-5-2-6-18(12-17)26-21-27-19(13-29-21)14-7-9-23-10-8-14/h1-13H,(H,26,27)(H2,24,25,28). The number of thiazole rings is 1. The van der Waals surface area contributed by atoms with Crippen LogP contribution in [0.5, 0.6) is 0 Å². The second-order valence-corrected chi connectivity index (χ2v) is 7.36. The van der Waals surface area contributed by atoms with Crippen LogP contribution in [0, 0.1) is 0 Å². The predicted octanol–water partition coefficient (Wildman–Crippen LogP) is 6.25. The monoisotopic (exact) mass is 421 g/mol. The highest BCUT2D eigenvalue weighted by molar-refractivity contribution is 7.14. The largest absolute Gasteiger partial charge is 0.331 e. The molecule has 0 spiro atoms. The maximum Gasteiger partial charge on any atom is 0.323 e. The first-order valence-electron chi connectivity index (χ1n) is 8.72. The van der Waals surface area contributed by atoms with Gasteiger partial charge in [0.05, 0.1) is 5.69 Å². The van der Waals surface area contributed by atoms with Crippen LogP contribution in [-0.4, -0.2) is 16.0 Å². The van der Waals surface area contributed by atoms with E-state index >= 15 is 0 Å². The van der Waals surface area contributed by atoms with Crippen LogP contribution in [0.25, 0.3) is 11.3 Å². The topological polar surface area (TPSA) is 78.9 Å². The lowest BCUT2D eigenvalue weighted by atomic mass is 10.2. The summed E-state index contributed by atoms with van der Waals surface area (Å²) in [4.78, 5) is 20.8. The van der Waals surface area contributed by atoms with Gasteiger partial charge in [0.15, 0.2) is 5.13 Å². The third-order valence-corrected chi connectivity index (χ3v) is 4.93. The highest BCUT2D eigenvalue weighted by atomic mass is 35.5. The number of hydrogen-bond acceptors (Lipinski definition) is 5. The summed E-state index contributed by atoms with van der Waals surface area (Å²) in [5, 5.41) is 12.1. The number of carbonyl (C=O) groups excluding carboxylic acids is 1. The normalized spacial score (nSPS) is 10.4. The molecule has 4 rings (SSSR count). The van der Waals surface area contributed by atoms with E-state index in [1.807, 2.05) is 41.8 Å². The Morgan fingerprint density at radius 2 is 1.59 bits per heavy atom. The molecule has 0 atom stereocenters.